The predicted octanol–water partition coefficient (Wildman–Crippen LogP) is 1.37. The number of ether oxygens (including phenoxy) is 1. The minimum absolute atomic E-state index is 0.204. The number of amides is 1. The van der Waals surface area contributed by atoms with Crippen molar-refractivity contribution >= 4 is 5.91 Å². The van der Waals surface area contributed by atoms with Gasteiger partial charge in [0.25, 0.3) is 5.91 Å². The molecule has 128 valence electrons. The van der Waals surface area contributed by atoms with Crippen molar-refractivity contribution in [3.05, 3.63) is 30.1 Å². The highest BCUT2D eigenvalue weighted by Crippen LogP contribution is 2.36. The second kappa shape index (κ2) is 7.09. The van der Waals surface area contributed by atoms with E-state index in [-0.39, 0.29) is 5.91 Å². The molecule has 1 N–H and O–H groups in total. The molecule has 0 bridgehead atoms. The average molecular weight is 339 g/mol. The highest BCUT2D eigenvalue weighted by atomic mass is 16.5. The maximum absolute atomic E-state index is 12.4. The molecule has 9 heteroatoms. The first-order chi connectivity index (χ1) is 12.2. The molecule has 1 amide bonds. The van der Waals surface area contributed by atoms with E-state index in [1.54, 1.807) is 25.3 Å². The Morgan fingerprint density at radius 2 is 2.24 bits per heavy atom. The number of terminal acetylenes is 1. The van der Waals surface area contributed by atoms with E-state index in [4.69, 9.17) is 11.2 Å². The molecule has 9 nitrogen and oxygen atoms in total. The van der Waals surface area contributed by atoms with Crippen molar-refractivity contribution in [2.45, 2.75) is 24.9 Å². The summed E-state index contributed by atoms with van der Waals surface area (Å²) in [5.41, 5.74) is 0.656. The van der Waals surface area contributed by atoms with Gasteiger partial charge in [0.1, 0.15) is 17.8 Å². The molecule has 0 fully saturated rings. The van der Waals surface area contributed by atoms with E-state index >= 15 is 0 Å². The van der Waals surface area contributed by atoms with E-state index < -0.39 is 5.66 Å². The molecule has 0 atom stereocenters. The zero-order chi connectivity index (χ0) is 17.7. The Morgan fingerprint density at radius 1 is 1.40 bits per heavy atom. The van der Waals surface area contributed by atoms with Crippen molar-refractivity contribution in [3.8, 4) is 23.8 Å². The van der Waals surface area contributed by atoms with Crippen molar-refractivity contribution in [2.24, 2.45) is 10.2 Å². The monoisotopic (exact) mass is 339 g/mol. The van der Waals surface area contributed by atoms with Crippen LogP contribution in [0.4, 0.5) is 0 Å². The molecule has 0 unspecified atom stereocenters. The fraction of sp³-hybridized carbons (Fsp3) is 0.375. The van der Waals surface area contributed by atoms with Gasteiger partial charge in [0, 0.05) is 31.4 Å². The van der Waals surface area contributed by atoms with Gasteiger partial charge in [-0.2, -0.15) is 14.9 Å². The lowest BCUT2D eigenvalue weighted by atomic mass is 10.0. The number of benzene rings is 1. The SMILES string of the molecule is C#CCCC1(CCNC(=O)c2ccc(OC)c(-n3cnnn3)c2)N=N1. The highest BCUT2D eigenvalue weighted by molar-refractivity contribution is 5.95. The van der Waals surface area contributed by atoms with Gasteiger partial charge in [-0.3, -0.25) is 4.79 Å². The first-order valence-corrected chi connectivity index (χ1v) is 7.74. The van der Waals surface area contributed by atoms with Crippen LogP contribution in [0.2, 0.25) is 0 Å². The summed E-state index contributed by atoms with van der Waals surface area (Å²) >= 11 is 0. The Kier molecular flexibility index (Phi) is 4.70. The van der Waals surface area contributed by atoms with Gasteiger partial charge >= 0.3 is 0 Å². The third kappa shape index (κ3) is 3.80. The summed E-state index contributed by atoms with van der Waals surface area (Å²) in [6.45, 7) is 0.461. The highest BCUT2D eigenvalue weighted by Gasteiger charge is 2.38. The van der Waals surface area contributed by atoms with Gasteiger partial charge in [-0.05, 0) is 28.6 Å². The second-order valence-corrected chi connectivity index (χ2v) is 5.53. The molecule has 0 saturated carbocycles. The topological polar surface area (TPSA) is 107 Å². The maximum Gasteiger partial charge on any atom is 0.251 e. The van der Waals surface area contributed by atoms with Gasteiger partial charge < -0.3 is 10.1 Å². The van der Waals surface area contributed by atoms with E-state index in [1.165, 1.54) is 11.0 Å². The molecule has 3 rings (SSSR count). The number of rotatable bonds is 8. The summed E-state index contributed by atoms with van der Waals surface area (Å²) < 4.78 is 6.72. The molecule has 0 saturated heterocycles. The molecule has 1 aliphatic heterocycles. The van der Waals surface area contributed by atoms with Crippen LogP contribution in [0.5, 0.6) is 5.75 Å². The third-order valence-corrected chi connectivity index (χ3v) is 3.90. The standard InChI is InChI=1S/C16H17N7O2/c1-3-4-7-16(19-20-16)8-9-17-15(24)12-5-6-14(25-2)13(10-12)23-11-18-21-22-23/h1,5-6,10-11H,4,7-9H2,2H3,(H,17,24). The zero-order valence-corrected chi connectivity index (χ0v) is 13.7. The molecule has 1 aliphatic rings. The average Bonchev–Trinajstić information content (AvgIpc) is 3.19. The molecular weight excluding hydrogens is 322 g/mol. The Balaban J connectivity index is 1.63. The molecule has 1 aromatic heterocycles. The number of tetrazole rings is 1. The fourth-order valence-electron chi connectivity index (χ4n) is 2.43. The van der Waals surface area contributed by atoms with Crippen LogP contribution in [0.25, 0.3) is 5.69 Å². The smallest absolute Gasteiger partial charge is 0.251 e. The summed E-state index contributed by atoms with van der Waals surface area (Å²) in [5.74, 6) is 2.94. The predicted molar refractivity (Wildman–Crippen MR) is 88.3 cm³/mol. The number of methoxy groups -OCH3 is 1. The van der Waals surface area contributed by atoms with Gasteiger partial charge in [0.2, 0.25) is 0 Å². The number of carbonyl (C=O) groups excluding carboxylic acids is 1. The Hall–Kier alpha value is -3.28. The lowest BCUT2D eigenvalue weighted by molar-refractivity contribution is 0.0952. The molecule has 0 radical (unpaired) electrons. The molecule has 2 heterocycles. The van der Waals surface area contributed by atoms with Gasteiger partial charge in [0.05, 0.1) is 7.11 Å². The van der Waals surface area contributed by atoms with Crippen molar-refractivity contribution in [3.63, 3.8) is 0 Å². The van der Waals surface area contributed by atoms with Crippen LogP contribution < -0.4 is 10.1 Å². The number of hydrogen-bond donors (Lipinski definition) is 1. The Morgan fingerprint density at radius 3 is 2.88 bits per heavy atom. The minimum Gasteiger partial charge on any atom is -0.494 e. The van der Waals surface area contributed by atoms with Crippen LogP contribution >= 0.6 is 0 Å². The number of nitrogens with zero attached hydrogens (tertiary/aromatic N) is 6. The summed E-state index contributed by atoms with van der Waals surface area (Å²) in [7, 11) is 1.54. The van der Waals surface area contributed by atoms with Gasteiger partial charge in [-0.15, -0.1) is 17.4 Å². The molecule has 0 spiro atoms. The number of aromatic nitrogens is 4. The number of nitrogens with one attached hydrogen (secondary N) is 1. The fourth-order valence-corrected chi connectivity index (χ4v) is 2.43. The summed E-state index contributed by atoms with van der Waals surface area (Å²) in [5, 5.41) is 22.0. The van der Waals surface area contributed by atoms with Gasteiger partial charge in [-0.25, -0.2) is 0 Å². The van der Waals surface area contributed by atoms with E-state index in [0.29, 0.717) is 42.8 Å². The summed E-state index contributed by atoms with van der Waals surface area (Å²) in [4.78, 5) is 12.4. The molecule has 25 heavy (non-hydrogen) atoms. The van der Waals surface area contributed by atoms with Gasteiger partial charge in [-0.1, -0.05) is 0 Å². The largest absolute Gasteiger partial charge is 0.494 e. The van der Waals surface area contributed by atoms with E-state index in [0.717, 1.165) is 0 Å². The zero-order valence-electron chi connectivity index (χ0n) is 13.7. The normalized spacial score (nSPS) is 13.9. The first kappa shape index (κ1) is 16.6. The quantitative estimate of drug-likeness (QED) is 0.731. The first-order valence-electron chi connectivity index (χ1n) is 7.74. The van der Waals surface area contributed by atoms with Crippen LogP contribution in [0.3, 0.4) is 0 Å². The van der Waals surface area contributed by atoms with Gasteiger partial charge in [0.15, 0.2) is 5.66 Å². The van der Waals surface area contributed by atoms with Crippen molar-refractivity contribution in [1.29, 1.82) is 0 Å². The van der Waals surface area contributed by atoms with Crippen molar-refractivity contribution < 1.29 is 9.53 Å². The Bertz CT molecular complexity index is 818. The molecule has 2 aromatic rings. The van der Waals surface area contributed by atoms with E-state index in [9.17, 15) is 4.79 Å². The van der Waals surface area contributed by atoms with Crippen LogP contribution in [0, 0.1) is 12.3 Å². The van der Waals surface area contributed by atoms with Crippen LogP contribution in [0.1, 0.15) is 29.6 Å². The lowest BCUT2D eigenvalue weighted by Crippen LogP contribution is -2.28. The van der Waals surface area contributed by atoms with E-state index in [1.807, 2.05) is 0 Å². The number of carbonyl (C=O) groups is 1. The maximum atomic E-state index is 12.4. The molecule has 1 aromatic carbocycles. The van der Waals surface area contributed by atoms with Crippen molar-refractivity contribution in [1.82, 2.24) is 25.5 Å². The van der Waals surface area contributed by atoms with Crippen LogP contribution in [-0.4, -0.2) is 45.4 Å². The number of hydrogen-bond acceptors (Lipinski definition) is 7. The minimum atomic E-state index is -0.406. The molecule has 0 aliphatic carbocycles. The lowest BCUT2D eigenvalue weighted by Gasteiger charge is -2.12. The second-order valence-electron chi connectivity index (χ2n) is 5.53. The van der Waals surface area contributed by atoms with Crippen LogP contribution in [0.15, 0.2) is 34.8 Å². The third-order valence-electron chi connectivity index (χ3n) is 3.90. The summed E-state index contributed by atoms with van der Waals surface area (Å²) in [6.07, 6.45) is 8.67. The van der Waals surface area contributed by atoms with Crippen LogP contribution in [-0.2, 0) is 0 Å². The summed E-state index contributed by atoms with van der Waals surface area (Å²) in [6, 6.07) is 5.05. The Labute approximate surface area is 144 Å². The molecular formula is C16H17N7O2. The van der Waals surface area contributed by atoms with E-state index in [2.05, 4.69) is 37.0 Å². The van der Waals surface area contributed by atoms with Crippen molar-refractivity contribution in [2.75, 3.05) is 13.7 Å².